The Labute approximate surface area is 626 Å². The van der Waals surface area contributed by atoms with E-state index in [1.807, 2.05) is 21.1 Å². The Hall–Kier alpha value is -3.79. The summed E-state index contributed by atoms with van der Waals surface area (Å²) in [4.78, 5) is 37.7. The largest absolute Gasteiger partial charge is 0.545 e. The molecule has 0 aromatic carbocycles. The monoisotopic (exact) mass is 1410 g/mol. The number of unbranched alkanes of at least 4 members (excludes halogenated alkanes) is 50. The normalized spacial score (nSPS) is 13.1. The molecular formula is C92H165NO8. The first-order valence-electron chi connectivity index (χ1n) is 43.4. The van der Waals surface area contributed by atoms with Gasteiger partial charge in [0.25, 0.3) is 0 Å². The fourth-order valence-electron chi connectivity index (χ4n) is 12.8. The van der Waals surface area contributed by atoms with Gasteiger partial charge in [-0.2, -0.15) is 0 Å². The standard InChI is InChI=1S/C92H165NO8/c1-6-8-10-12-14-16-18-20-22-24-26-28-30-32-34-36-38-40-42-43-44-45-46-47-49-51-53-55-57-59-61-63-65-67-69-71-73-75-77-79-81-83-90(95)101-88(87-100-92(91(96)97)98-85-84-93(3,4)5)86-99-89(94)82-80-78-76-74-72-70-68-66-64-62-60-58-56-54-52-50-48-41-39-37-35-33-31-29-27-25-23-21-19-17-15-13-11-9-7-2/h8,10,14,16,20,22,26,28,32,34,38,40,43-44,46-47,88,92H,6-7,9,11-13,15,17-19,21,23-25,27,29-31,33,35-37,39,41-42,45,48-87H2,1-5H3/b10-8-,16-14-,22-20-,28-26-,34-32-,40-38-,44-43-,47-46-. The first-order valence-corrected chi connectivity index (χ1v) is 43.4. The van der Waals surface area contributed by atoms with Crippen molar-refractivity contribution < 1.29 is 42.9 Å². The van der Waals surface area contributed by atoms with Crippen LogP contribution in [0.25, 0.3) is 0 Å². The van der Waals surface area contributed by atoms with E-state index in [2.05, 4.69) is 111 Å². The number of aliphatic carboxylic acids is 1. The van der Waals surface area contributed by atoms with Crippen molar-refractivity contribution in [1.29, 1.82) is 0 Å². The van der Waals surface area contributed by atoms with Crippen LogP contribution in [0.1, 0.15) is 412 Å². The van der Waals surface area contributed by atoms with Gasteiger partial charge >= 0.3 is 11.9 Å². The van der Waals surface area contributed by atoms with Crippen LogP contribution in [0.2, 0.25) is 0 Å². The number of esters is 2. The van der Waals surface area contributed by atoms with Crippen molar-refractivity contribution in [2.24, 2.45) is 0 Å². The predicted molar refractivity (Wildman–Crippen MR) is 435 cm³/mol. The Morgan fingerprint density at radius 2 is 0.564 bits per heavy atom. The second kappa shape index (κ2) is 81.9. The molecule has 101 heavy (non-hydrogen) atoms. The molecule has 0 aromatic heterocycles. The molecule has 0 saturated carbocycles. The molecule has 0 aromatic rings. The molecule has 0 spiro atoms. The summed E-state index contributed by atoms with van der Waals surface area (Å²) in [6, 6.07) is 0. The average molecular weight is 1410 g/mol. The topological polar surface area (TPSA) is 111 Å². The van der Waals surface area contributed by atoms with E-state index in [4.69, 9.17) is 18.9 Å². The van der Waals surface area contributed by atoms with E-state index in [1.165, 1.54) is 295 Å². The van der Waals surface area contributed by atoms with Crippen molar-refractivity contribution in [3.8, 4) is 0 Å². The number of likely N-dealkylation sites (N-methyl/N-ethyl adjacent to an activating group) is 1. The minimum atomic E-state index is -1.62. The molecule has 0 amide bonds. The average Bonchev–Trinajstić information content (AvgIpc) is 1.21. The Bertz CT molecular complexity index is 1990. The quantitative estimate of drug-likeness (QED) is 0.0195. The summed E-state index contributed by atoms with van der Waals surface area (Å²) >= 11 is 0. The van der Waals surface area contributed by atoms with Crippen molar-refractivity contribution >= 4 is 17.9 Å². The number of hydrogen-bond donors (Lipinski definition) is 0. The van der Waals surface area contributed by atoms with E-state index in [0.717, 1.165) is 83.5 Å². The Balaban J connectivity index is 3.97. The lowest BCUT2D eigenvalue weighted by Gasteiger charge is -2.26. The van der Waals surface area contributed by atoms with Crippen LogP contribution < -0.4 is 5.11 Å². The summed E-state index contributed by atoms with van der Waals surface area (Å²) in [7, 11) is 5.95. The lowest BCUT2D eigenvalue weighted by Crippen LogP contribution is -2.44. The summed E-state index contributed by atoms with van der Waals surface area (Å²) in [5, 5.41) is 11.9. The number of allylic oxidation sites excluding steroid dienone is 16. The molecule has 0 aliphatic rings. The predicted octanol–water partition coefficient (Wildman–Crippen LogP) is 26.9. The van der Waals surface area contributed by atoms with E-state index in [9.17, 15) is 19.5 Å². The first-order chi connectivity index (χ1) is 49.6. The van der Waals surface area contributed by atoms with Crippen LogP contribution in [0.4, 0.5) is 0 Å². The van der Waals surface area contributed by atoms with Gasteiger partial charge in [0.05, 0.1) is 40.3 Å². The second-order valence-corrected chi connectivity index (χ2v) is 30.5. The smallest absolute Gasteiger partial charge is 0.306 e. The molecule has 0 aliphatic carbocycles. The number of quaternary nitrogens is 1. The summed E-state index contributed by atoms with van der Waals surface area (Å²) in [6.45, 7) is 4.70. The maximum Gasteiger partial charge on any atom is 0.306 e. The second-order valence-electron chi connectivity index (χ2n) is 30.5. The lowest BCUT2D eigenvalue weighted by atomic mass is 10.0. The maximum atomic E-state index is 13.0. The van der Waals surface area contributed by atoms with E-state index in [-0.39, 0.29) is 32.2 Å². The number of hydrogen-bond acceptors (Lipinski definition) is 8. The zero-order valence-electron chi connectivity index (χ0n) is 67.3. The highest BCUT2D eigenvalue weighted by molar-refractivity contribution is 5.70. The van der Waals surface area contributed by atoms with Crippen LogP contribution in [0.15, 0.2) is 97.2 Å². The van der Waals surface area contributed by atoms with E-state index >= 15 is 0 Å². The van der Waals surface area contributed by atoms with Gasteiger partial charge in [0, 0.05) is 12.8 Å². The van der Waals surface area contributed by atoms with Gasteiger partial charge in [-0.3, -0.25) is 9.59 Å². The number of ether oxygens (including phenoxy) is 4. The fourth-order valence-corrected chi connectivity index (χ4v) is 12.8. The number of rotatable bonds is 81. The van der Waals surface area contributed by atoms with Crippen LogP contribution in [-0.2, 0) is 33.3 Å². The van der Waals surface area contributed by atoms with Gasteiger partial charge in [-0.15, -0.1) is 0 Å². The van der Waals surface area contributed by atoms with Crippen molar-refractivity contribution in [2.45, 2.75) is 424 Å². The SMILES string of the molecule is CC/C=C\C/C=C\C/C=C\C/C=C\C/C=C\C/C=C\C/C=C\C/C=C\CCCCCCCCCCCCCCCCCCC(=O)OC(COC(=O)CCCCCCCCCCCCCCCCCCCCCCCCCCCCCCCCCCCCC)COC(OCC[N+](C)(C)C)C(=O)[O-]. The molecule has 586 valence electrons. The molecule has 9 nitrogen and oxygen atoms in total. The van der Waals surface area contributed by atoms with Crippen LogP contribution >= 0.6 is 0 Å². The number of carbonyl (C=O) groups excluding carboxylic acids is 3. The van der Waals surface area contributed by atoms with Crippen molar-refractivity contribution in [3.05, 3.63) is 97.2 Å². The van der Waals surface area contributed by atoms with E-state index in [1.54, 1.807) is 0 Å². The number of carbonyl (C=O) groups is 3. The molecule has 9 heteroatoms. The van der Waals surface area contributed by atoms with Crippen LogP contribution in [0.5, 0.6) is 0 Å². The van der Waals surface area contributed by atoms with Gasteiger partial charge in [0.2, 0.25) is 0 Å². The molecule has 0 radical (unpaired) electrons. The highest BCUT2D eigenvalue weighted by Crippen LogP contribution is 2.20. The van der Waals surface area contributed by atoms with Crippen LogP contribution in [-0.4, -0.2) is 82.3 Å². The molecule has 0 fully saturated rings. The molecule has 0 heterocycles. The molecule has 0 aliphatic heterocycles. The zero-order valence-corrected chi connectivity index (χ0v) is 67.3. The third-order valence-corrected chi connectivity index (χ3v) is 19.3. The van der Waals surface area contributed by atoms with Gasteiger partial charge in [-0.05, 0) is 77.0 Å². The van der Waals surface area contributed by atoms with Crippen LogP contribution in [0, 0.1) is 0 Å². The van der Waals surface area contributed by atoms with Crippen molar-refractivity contribution in [1.82, 2.24) is 0 Å². The summed E-state index contributed by atoms with van der Waals surface area (Å²) < 4.78 is 22.9. The van der Waals surface area contributed by atoms with Gasteiger partial charge in [0.1, 0.15) is 13.2 Å². The van der Waals surface area contributed by atoms with Gasteiger partial charge < -0.3 is 33.3 Å². The van der Waals surface area contributed by atoms with Crippen molar-refractivity contribution in [2.75, 3.05) is 47.5 Å². The fraction of sp³-hybridized carbons (Fsp3) is 0.793. The third kappa shape index (κ3) is 83.4. The Morgan fingerprint density at radius 3 is 0.842 bits per heavy atom. The number of carboxylic acids is 1. The first kappa shape index (κ1) is 97.2. The van der Waals surface area contributed by atoms with Crippen molar-refractivity contribution in [3.63, 3.8) is 0 Å². The zero-order chi connectivity index (χ0) is 73.2. The van der Waals surface area contributed by atoms with E-state index < -0.39 is 24.3 Å². The molecule has 2 unspecified atom stereocenters. The minimum absolute atomic E-state index is 0.148. The van der Waals surface area contributed by atoms with Crippen LogP contribution in [0.3, 0.4) is 0 Å². The summed E-state index contributed by atoms with van der Waals surface area (Å²) in [6.07, 6.45) is 111. The summed E-state index contributed by atoms with van der Waals surface area (Å²) in [5.41, 5.74) is 0. The van der Waals surface area contributed by atoms with Gasteiger partial charge in [-0.25, -0.2) is 0 Å². The van der Waals surface area contributed by atoms with Gasteiger partial charge in [0.15, 0.2) is 12.4 Å². The molecule has 0 N–H and O–H groups in total. The third-order valence-electron chi connectivity index (χ3n) is 19.3. The highest BCUT2D eigenvalue weighted by atomic mass is 16.7. The molecule has 0 rings (SSSR count). The Kier molecular flexibility index (Phi) is 78.8. The lowest BCUT2D eigenvalue weighted by molar-refractivity contribution is -0.870. The van der Waals surface area contributed by atoms with Gasteiger partial charge in [-0.1, -0.05) is 419 Å². The molecule has 0 bridgehead atoms. The Morgan fingerprint density at radius 1 is 0.307 bits per heavy atom. The highest BCUT2D eigenvalue weighted by Gasteiger charge is 2.22. The number of nitrogens with zero attached hydrogens (tertiary/aromatic N) is 1. The number of carboxylic acid groups (broad SMARTS) is 1. The molecular weight excluding hydrogens is 1250 g/mol. The molecule has 0 saturated heterocycles. The van der Waals surface area contributed by atoms with E-state index in [0.29, 0.717) is 23.9 Å². The molecule has 2 atom stereocenters. The maximum absolute atomic E-state index is 13.0. The minimum Gasteiger partial charge on any atom is -0.545 e. The summed E-state index contributed by atoms with van der Waals surface area (Å²) in [5.74, 6) is -2.26.